The van der Waals surface area contributed by atoms with E-state index < -0.39 is 4.92 Å². The molecule has 0 spiro atoms. The molecule has 2 aromatic carbocycles. The summed E-state index contributed by atoms with van der Waals surface area (Å²) in [5.41, 5.74) is 8.58. The van der Waals surface area contributed by atoms with Crippen LogP contribution < -0.4 is 5.73 Å². The minimum Gasteiger partial charge on any atom is -0.399 e. The van der Waals surface area contributed by atoms with E-state index in [2.05, 4.69) is 4.98 Å². The van der Waals surface area contributed by atoms with Crippen LogP contribution in [0.4, 0.5) is 11.4 Å². The Morgan fingerprint density at radius 1 is 1.24 bits per heavy atom. The van der Waals surface area contributed by atoms with E-state index >= 15 is 0 Å². The number of nitrogens with zero attached hydrogens (tertiary/aromatic N) is 2. The van der Waals surface area contributed by atoms with E-state index in [0.29, 0.717) is 0 Å². The molecule has 0 saturated heterocycles. The summed E-state index contributed by atoms with van der Waals surface area (Å²) in [6.45, 7) is 0. The van der Waals surface area contributed by atoms with Gasteiger partial charge in [-0.2, -0.15) is 0 Å². The fourth-order valence-corrected chi connectivity index (χ4v) is 3.91. The number of nitro groups is 1. The Morgan fingerprint density at radius 2 is 2.00 bits per heavy atom. The molecule has 21 heavy (non-hydrogen) atoms. The molecule has 0 bridgehead atoms. The van der Waals surface area contributed by atoms with Gasteiger partial charge in [0, 0.05) is 23.6 Å². The van der Waals surface area contributed by atoms with Gasteiger partial charge in [-0.1, -0.05) is 23.9 Å². The number of non-ortho nitro benzene ring substituents is 1. The number of benzene rings is 2. The van der Waals surface area contributed by atoms with Gasteiger partial charge in [0.25, 0.3) is 5.69 Å². The van der Waals surface area contributed by atoms with Gasteiger partial charge in [-0.3, -0.25) is 10.1 Å². The van der Waals surface area contributed by atoms with Gasteiger partial charge in [-0.15, -0.1) is 11.3 Å². The van der Waals surface area contributed by atoms with E-state index in [1.807, 2.05) is 18.2 Å². The summed E-state index contributed by atoms with van der Waals surface area (Å²) in [7, 11) is 0. The van der Waals surface area contributed by atoms with Crippen molar-refractivity contribution in [2.75, 3.05) is 5.73 Å². The first-order valence-electron chi connectivity index (χ1n) is 6.14. The third kappa shape index (κ3) is 3.14. The summed E-state index contributed by atoms with van der Waals surface area (Å²) in [5.74, 6) is 0.729. The van der Waals surface area contributed by atoms with E-state index in [-0.39, 0.29) is 5.69 Å². The quantitative estimate of drug-likeness (QED) is 0.339. The van der Waals surface area contributed by atoms with Gasteiger partial charge in [-0.25, -0.2) is 4.98 Å². The second kappa shape index (κ2) is 5.71. The smallest absolute Gasteiger partial charge is 0.269 e. The molecule has 0 atom stereocenters. The monoisotopic (exact) mass is 317 g/mol. The van der Waals surface area contributed by atoms with Gasteiger partial charge in [-0.05, 0) is 23.8 Å². The van der Waals surface area contributed by atoms with Crippen molar-refractivity contribution in [1.29, 1.82) is 0 Å². The number of thiazole rings is 1. The zero-order chi connectivity index (χ0) is 14.8. The van der Waals surface area contributed by atoms with Crippen LogP contribution in [-0.2, 0) is 5.75 Å². The highest BCUT2D eigenvalue weighted by Gasteiger charge is 2.07. The number of anilines is 1. The van der Waals surface area contributed by atoms with E-state index in [1.165, 1.54) is 12.1 Å². The Balaban J connectivity index is 1.72. The molecule has 5 nitrogen and oxygen atoms in total. The zero-order valence-electron chi connectivity index (χ0n) is 10.9. The highest BCUT2D eigenvalue weighted by molar-refractivity contribution is 8.00. The van der Waals surface area contributed by atoms with Gasteiger partial charge in [0.05, 0.1) is 15.1 Å². The van der Waals surface area contributed by atoms with E-state index in [4.69, 9.17) is 5.73 Å². The average Bonchev–Trinajstić information content (AvgIpc) is 2.87. The lowest BCUT2D eigenvalue weighted by Gasteiger charge is -1.98. The fraction of sp³-hybridized carbons (Fsp3) is 0.0714. The number of hydrogen-bond acceptors (Lipinski definition) is 6. The number of nitro benzene ring substituents is 1. The van der Waals surface area contributed by atoms with Gasteiger partial charge in [0.15, 0.2) is 4.34 Å². The summed E-state index contributed by atoms with van der Waals surface area (Å²) < 4.78 is 2.04. The Kier molecular flexibility index (Phi) is 3.76. The van der Waals surface area contributed by atoms with Crippen LogP contribution in [0, 0.1) is 10.1 Å². The van der Waals surface area contributed by atoms with E-state index in [9.17, 15) is 10.1 Å². The maximum atomic E-state index is 10.6. The normalized spacial score (nSPS) is 10.9. The maximum absolute atomic E-state index is 10.6. The van der Waals surface area contributed by atoms with Crippen LogP contribution in [0.5, 0.6) is 0 Å². The molecule has 0 amide bonds. The second-order valence-corrected chi connectivity index (χ2v) is 6.67. The second-order valence-electron chi connectivity index (χ2n) is 4.42. The number of nitrogen functional groups attached to an aromatic ring is 1. The topological polar surface area (TPSA) is 82.0 Å². The lowest BCUT2D eigenvalue weighted by Crippen LogP contribution is -1.88. The molecule has 3 rings (SSSR count). The molecule has 1 heterocycles. The minimum atomic E-state index is -0.394. The number of hydrogen-bond donors (Lipinski definition) is 1. The number of rotatable bonds is 4. The average molecular weight is 317 g/mol. The minimum absolute atomic E-state index is 0.110. The molecule has 0 radical (unpaired) electrons. The highest BCUT2D eigenvalue weighted by Crippen LogP contribution is 2.32. The van der Waals surface area contributed by atoms with E-state index in [1.54, 1.807) is 35.2 Å². The Bertz CT molecular complexity index is 800. The molecular formula is C14H11N3O2S2. The van der Waals surface area contributed by atoms with Crippen LogP contribution in [0.15, 0.2) is 46.8 Å². The predicted molar refractivity (Wildman–Crippen MR) is 86.7 cm³/mol. The van der Waals surface area contributed by atoms with Gasteiger partial charge < -0.3 is 5.73 Å². The molecule has 1 aromatic heterocycles. The van der Waals surface area contributed by atoms with Crippen LogP contribution in [0.1, 0.15) is 5.56 Å². The molecule has 0 unspecified atom stereocenters. The lowest BCUT2D eigenvalue weighted by molar-refractivity contribution is -0.384. The van der Waals surface area contributed by atoms with Crippen molar-refractivity contribution in [2.24, 2.45) is 0 Å². The van der Waals surface area contributed by atoms with Gasteiger partial charge >= 0.3 is 0 Å². The third-order valence-corrected chi connectivity index (χ3v) is 5.13. The molecule has 0 fully saturated rings. The van der Waals surface area contributed by atoms with Crippen LogP contribution in [-0.4, -0.2) is 9.91 Å². The Morgan fingerprint density at radius 3 is 2.71 bits per heavy atom. The van der Waals surface area contributed by atoms with Crippen molar-refractivity contribution in [2.45, 2.75) is 10.1 Å². The summed E-state index contributed by atoms with van der Waals surface area (Å²) in [4.78, 5) is 14.7. The van der Waals surface area contributed by atoms with Crippen molar-refractivity contribution in [3.05, 3.63) is 58.1 Å². The predicted octanol–water partition coefficient (Wildman–Crippen LogP) is 4.08. The van der Waals surface area contributed by atoms with Crippen molar-refractivity contribution in [3.8, 4) is 0 Å². The number of nitrogens with two attached hydrogens (primary N) is 1. The van der Waals surface area contributed by atoms with Crippen molar-refractivity contribution in [3.63, 3.8) is 0 Å². The summed E-state index contributed by atoms with van der Waals surface area (Å²) >= 11 is 3.22. The van der Waals surface area contributed by atoms with Gasteiger partial charge in [0.1, 0.15) is 0 Å². The van der Waals surface area contributed by atoms with Crippen molar-refractivity contribution < 1.29 is 4.92 Å². The Hall–Kier alpha value is -2.12. The molecular weight excluding hydrogens is 306 g/mol. The molecule has 2 N–H and O–H groups in total. The van der Waals surface area contributed by atoms with E-state index in [0.717, 1.165) is 31.6 Å². The van der Waals surface area contributed by atoms with Crippen LogP contribution >= 0.6 is 23.1 Å². The zero-order valence-corrected chi connectivity index (χ0v) is 12.5. The molecule has 0 saturated carbocycles. The third-order valence-electron chi connectivity index (χ3n) is 2.90. The largest absolute Gasteiger partial charge is 0.399 e. The fourth-order valence-electron chi connectivity index (χ4n) is 1.84. The Labute approximate surface area is 129 Å². The van der Waals surface area contributed by atoms with Gasteiger partial charge in [0.2, 0.25) is 0 Å². The van der Waals surface area contributed by atoms with Crippen LogP contribution in [0.25, 0.3) is 10.2 Å². The molecule has 106 valence electrons. The number of thioether (sulfide) groups is 1. The first-order chi connectivity index (χ1) is 10.1. The first-order valence-corrected chi connectivity index (χ1v) is 7.94. The standard InChI is InChI=1S/C14H11N3O2S2/c15-10-3-6-12-13(7-10)21-14(16-12)20-8-9-1-4-11(5-2-9)17(18)19/h1-7H,8,15H2. The summed E-state index contributed by atoms with van der Waals surface area (Å²) in [5, 5.41) is 10.6. The number of fused-ring (bicyclic) bond motifs is 1. The van der Waals surface area contributed by atoms with Crippen LogP contribution in [0.3, 0.4) is 0 Å². The molecule has 0 aliphatic heterocycles. The van der Waals surface area contributed by atoms with Crippen molar-refractivity contribution >= 4 is 44.7 Å². The lowest BCUT2D eigenvalue weighted by atomic mass is 10.2. The van der Waals surface area contributed by atoms with Crippen LogP contribution in [0.2, 0.25) is 0 Å². The highest BCUT2D eigenvalue weighted by atomic mass is 32.2. The SMILES string of the molecule is Nc1ccc2nc(SCc3ccc([N+](=O)[O-])cc3)sc2c1. The number of aromatic nitrogens is 1. The van der Waals surface area contributed by atoms with Crippen molar-refractivity contribution in [1.82, 2.24) is 4.98 Å². The molecule has 0 aliphatic carbocycles. The first kappa shape index (κ1) is 13.8. The molecule has 7 heteroatoms. The summed E-state index contributed by atoms with van der Waals surface area (Å²) in [6.07, 6.45) is 0. The molecule has 3 aromatic rings. The summed E-state index contributed by atoms with van der Waals surface area (Å²) in [6, 6.07) is 12.3. The maximum Gasteiger partial charge on any atom is 0.269 e. The molecule has 0 aliphatic rings.